The number of phenols is 1. The van der Waals surface area contributed by atoms with E-state index < -0.39 is 0 Å². The van der Waals surface area contributed by atoms with Crippen LogP contribution in [0.5, 0.6) is 11.5 Å². The number of carbonyl (C=O) groups is 1. The quantitative estimate of drug-likeness (QED) is 0.760. The van der Waals surface area contributed by atoms with Gasteiger partial charge in [-0.15, -0.1) is 0 Å². The molecule has 0 saturated carbocycles. The highest BCUT2D eigenvalue weighted by atomic mass is 16.5. The fraction of sp³-hybridized carbons (Fsp3) is 0.111. The van der Waals surface area contributed by atoms with Crippen molar-refractivity contribution in [3.8, 4) is 22.8 Å². The molecule has 0 aliphatic carbocycles. The SMILES string of the molecule is COc1ccc(-c2nc(C)ncc2C(=O)Nc2ccncc2)cc1O. The molecule has 126 valence electrons. The van der Waals surface area contributed by atoms with Gasteiger partial charge in [-0.1, -0.05) is 0 Å². The van der Waals surface area contributed by atoms with Gasteiger partial charge in [0.05, 0.1) is 18.4 Å². The summed E-state index contributed by atoms with van der Waals surface area (Å²) in [6.45, 7) is 1.73. The molecular weight excluding hydrogens is 320 g/mol. The molecule has 0 spiro atoms. The van der Waals surface area contributed by atoms with E-state index in [2.05, 4.69) is 20.3 Å². The number of hydrogen-bond acceptors (Lipinski definition) is 6. The summed E-state index contributed by atoms with van der Waals surface area (Å²) in [6, 6.07) is 8.22. The van der Waals surface area contributed by atoms with Crippen molar-refractivity contribution < 1.29 is 14.6 Å². The number of nitrogens with zero attached hydrogens (tertiary/aromatic N) is 3. The normalized spacial score (nSPS) is 10.3. The van der Waals surface area contributed by atoms with Crippen molar-refractivity contribution in [3.05, 3.63) is 60.3 Å². The molecule has 1 amide bonds. The largest absolute Gasteiger partial charge is 0.504 e. The minimum Gasteiger partial charge on any atom is -0.504 e. The third-order valence-electron chi connectivity index (χ3n) is 3.54. The average molecular weight is 336 g/mol. The third kappa shape index (κ3) is 3.55. The molecule has 7 heteroatoms. The first-order valence-corrected chi connectivity index (χ1v) is 7.51. The van der Waals surface area contributed by atoms with Gasteiger partial charge in [0.25, 0.3) is 5.91 Å². The van der Waals surface area contributed by atoms with Crippen molar-refractivity contribution in [2.45, 2.75) is 6.92 Å². The highest BCUT2D eigenvalue weighted by Gasteiger charge is 2.17. The number of aromatic hydroxyl groups is 1. The van der Waals surface area contributed by atoms with Crippen LogP contribution in [0.1, 0.15) is 16.2 Å². The predicted molar refractivity (Wildman–Crippen MR) is 92.6 cm³/mol. The molecule has 7 nitrogen and oxygen atoms in total. The molecule has 3 rings (SSSR count). The molecule has 3 aromatic rings. The van der Waals surface area contributed by atoms with Gasteiger partial charge >= 0.3 is 0 Å². The first-order chi connectivity index (χ1) is 12.1. The van der Waals surface area contributed by atoms with E-state index in [0.717, 1.165) is 0 Å². The number of phenolic OH excluding ortho intramolecular Hbond substituents is 1. The number of aromatic nitrogens is 3. The molecule has 2 N–H and O–H groups in total. The number of aryl methyl sites for hydroxylation is 1. The Kier molecular flexibility index (Phi) is 4.56. The zero-order valence-electron chi connectivity index (χ0n) is 13.7. The minimum atomic E-state index is -0.350. The second-order valence-corrected chi connectivity index (χ2v) is 5.26. The van der Waals surface area contributed by atoms with Gasteiger partial charge in [0.2, 0.25) is 0 Å². The molecule has 0 radical (unpaired) electrons. The van der Waals surface area contributed by atoms with Crippen molar-refractivity contribution in [1.82, 2.24) is 15.0 Å². The predicted octanol–water partition coefficient (Wildman–Crippen LogP) is 2.81. The topological polar surface area (TPSA) is 97.2 Å². The Morgan fingerprint density at radius 2 is 1.96 bits per heavy atom. The number of rotatable bonds is 4. The Hall–Kier alpha value is -3.48. The van der Waals surface area contributed by atoms with Gasteiger partial charge in [-0.3, -0.25) is 9.78 Å². The second kappa shape index (κ2) is 6.96. The summed E-state index contributed by atoms with van der Waals surface area (Å²) in [4.78, 5) is 25.0. The maximum absolute atomic E-state index is 12.6. The first-order valence-electron chi connectivity index (χ1n) is 7.51. The summed E-state index contributed by atoms with van der Waals surface area (Å²) in [7, 11) is 1.47. The summed E-state index contributed by atoms with van der Waals surface area (Å²) >= 11 is 0. The van der Waals surface area contributed by atoms with Crippen LogP contribution in [-0.2, 0) is 0 Å². The summed E-state index contributed by atoms with van der Waals surface area (Å²) < 4.78 is 5.05. The van der Waals surface area contributed by atoms with Gasteiger partial charge in [0, 0.05) is 29.8 Å². The minimum absolute atomic E-state index is 0.0308. The number of pyridine rings is 1. The van der Waals surface area contributed by atoms with E-state index >= 15 is 0 Å². The first kappa shape index (κ1) is 16.4. The van der Waals surface area contributed by atoms with Crippen molar-refractivity contribution in [3.63, 3.8) is 0 Å². The monoisotopic (exact) mass is 336 g/mol. The number of hydrogen-bond donors (Lipinski definition) is 2. The molecule has 2 heterocycles. The zero-order valence-corrected chi connectivity index (χ0v) is 13.7. The van der Waals surface area contributed by atoms with Gasteiger partial charge in [-0.25, -0.2) is 9.97 Å². The third-order valence-corrected chi connectivity index (χ3v) is 3.54. The number of anilines is 1. The van der Waals surface area contributed by atoms with Gasteiger partial charge in [0.1, 0.15) is 5.82 Å². The Balaban J connectivity index is 2.01. The van der Waals surface area contributed by atoms with Gasteiger partial charge in [-0.05, 0) is 37.3 Å². The lowest BCUT2D eigenvalue weighted by atomic mass is 10.1. The van der Waals surface area contributed by atoms with E-state index in [1.165, 1.54) is 19.4 Å². The van der Waals surface area contributed by atoms with Crippen molar-refractivity contribution in [1.29, 1.82) is 0 Å². The Morgan fingerprint density at radius 3 is 2.64 bits per heavy atom. The fourth-order valence-corrected chi connectivity index (χ4v) is 2.33. The standard InChI is InChI=1S/C18H16N4O3/c1-11-20-10-14(18(24)22-13-5-7-19-8-6-13)17(21-11)12-3-4-16(25-2)15(23)9-12/h3-10,23H,1-2H3,(H,19,22,24). The Labute approximate surface area is 144 Å². The maximum Gasteiger partial charge on any atom is 0.259 e. The smallest absolute Gasteiger partial charge is 0.259 e. The van der Waals surface area contributed by atoms with Crippen LogP contribution in [0.15, 0.2) is 48.9 Å². The van der Waals surface area contributed by atoms with Crippen LogP contribution >= 0.6 is 0 Å². The van der Waals surface area contributed by atoms with E-state index in [1.807, 2.05) is 0 Å². The number of carbonyl (C=O) groups excluding carboxylic acids is 1. The van der Waals surface area contributed by atoms with Crippen molar-refractivity contribution >= 4 is 11.6 Å². The van der Waals surface area contributed by atoms with Gasteiger partial charge in [0.15, 0.2) is 11.5 Å². The maximum atomic E-state index is 12.6. The zero-order chi connectivity index (χ0) is 17.8. The molecular formula is C18H16N4O3. The van der Waals surface area contributed by atoms with Crippen LogP contribution in [-0.4, -0.2) is 33.1 Å². The Morgan fingerprint density at radius 1 is 1.20 bits per heavy atom. The summed E-state index contributed by atoms with van der Waals surface area (Å²) in [5, 5.41) is 12.8. The van der Waals surface area contributed by atoms with E-state index in [-0.39, 0.29) is 11.7 Å². The lowest BCUT2D eigenvalue weighted by molar-refractivity contribution is 0.102. The lowest BCUT2D eigenvalue weighted by Gasteiger charge is -2.11. The highest BCUT2D eigenvalue weighted by molar-refractivity contribution is 6.07. The van der Waals surface area contributed by atoms with Gasteiger partial charge in [-0.2, -0.15) is 0 Å². The van der Waals surface area contributed by atoms with Crippen LogP contribution in [0, 0.1) is 6.92 Å². The molecule has 0 aliphatic rings. The van der Waals surface area contributed by atoms with Crippen LogP contribution < -0.4 is 10.1 Å². The van der Waals surface area contributed by atoms with Crippen LogP contribution in [0.3, 0.4) is 0 Å². The Bertz CT molecular complexity index is 913. The fourth-order valence-electron chi connectivity index (χ4n) is 2.33. The summed E-state index contributed by atoms with van der Waals surface area (Å²) in [5.41, 5.74) is 1.93. The summed E-state index contributed by atoms with van der Waals surface area (Å²) in [6.07, 6.45) is 4.64. The average Bonchev–Trinajstić information content (AvgIpc) is 2.62. The number of methoxy groups -OCH3 is 1. The van der Waals surface area contributed by atoms with Crippen LogP contribution in [0.4, 0.5) is 5.69 Å². The molecule has 1 aromatic carbocycles. The molecule has 0 atom stereocenters. The molecule has 25 heavy (non-hydrogen) atoms. The van der Waals surface area contributed by atoms with Crippen LogP contribution in [0.25, 0.3) is 11.3 Å². The molecule has 0 unspecified atom stereocenters. The van der Waals surface area contributed by atoms with E-state index in [0.29, 0.717) is 34.1 Å². The van der Waals surface area contributed by atoms with Crippen molar-refractivity contribution in [2.24, 2.45) is 0 Å². The second-order valence-electron chi connectivity index (χ2n) is 5.26. The number of ether oxygens (including phenoxy) is 1. The van der Waals surface area contributed by atoms with Crippen LogP contribution in [0.2, 0.25) is 0 Å². The van der Waals surface area contributed by atoms with E-state index in [9.17, 15) is 9.90 Å². The van der Waals surface area contributed by atoms with Crippen molar-refractivity contribution in [2.75, 3.05) is 12.4 Å². The molecule has 2 aromatic heterocycles. The lowest BCUT2D eigenvalue weighted by Crippen LogP contribution is -2.15. The highest BCUT2D eigenvalue weighted by Crippen LogP contribution is 2.32. The summed E-state index contributed by atoms with van der Waals surface area (Å²) in [5.74, 6) is 0.483. The molecule has 0 bridgehead atoms. The molecule has 0 saturated heterocycles. The molecule has 0 aliphatic heterocycles. The number of nitrogens with one attached hydrogen (secondary N) is 1. The number of amides is 1. The van der Waals surface area contributed by atoms with Gasteiger partial charge < -0.3 is 15.2 Å². The van der Waals surface area contributed by atoms with E-state index in [1.54, 1.807) is 43.6 Å². The van der Waals surface area contributed by atoms with E-state index in [4.69, 9.17) is 4.74 Å². The molecule has 0 fully saturated rings. The number of benzene rings is 1.